The van der Waals surface area contributed by atoms with Crippen LogP contribution in [0.25, 0.3) is 10.9 Å². The van der Waals surface area contributed by atoms with Crippen molar-refractivity contribution >= 4 is 40.0 Å². The van der Waals surface area contributed by atoms with E-state index < -0.39 is 17.3 Å². The first-order valence-electron chi connectivity index (χ1n) is 7.67. The van der Waals surface area contributed by atoms with Crippen LogP contribution >= 0.6 is 23.4 Å². The highest BCUT2D eigenvalue weighted by atomic mass is 35.5. The normalized spacial score (nSPS) is 14.5. The van der Waals surface area contributed by atoms with Gasteiger partial charge >= 0.3 is 6.18 Å². The van der Waals surface area contributed by atoms with Gasteiger partial charge in [-0.1, -0.05) is 11.6 Å². The van der Waals surface area contributed by atoms with Crippen LogP contribution in [0.5, 0.6) is 0 Å². The first kappa shape index (κ1) is 18.9. The number of benzene rings is 2. The summed E-state index contributed by atoms with van der Waals surface area (Å²) in [5, 5.41) is 10.9. The molecule has 0 aliphatic rings. The van der Waals surface area contributed by atoms with Crippen LogP contribution in [-0.4, -0.2) is 15.8 Å². The predicted molar refractivity (Wildman–Crippen MR) is 99.5 cm³/mol. The van der Waals surface area contributed by atoms with E-state index in [-0.39, 0.29) is 10.5 Å². The first-order valence-corrected chi connectivity index (χ1v) is 9.03. The highest BCUT2D eigenvalue weighted by Gasteiger charge is 2.34. The molecule has 0 saturated heterocycles. The number of aliphatic hydroxyl groups is 1. The first-order chi connectivity index (χ1) is 12.1. The van der Waals surface area contributed by atoms with Crippen LogP contribution in [0.4, 0.5) is 18.9 Å². The van der Waals surface area contributed by atoms with Crippen LogP contribution in [0, 0.1) is 0 Å². The molecule has 1 aromatic heterocycles. The molecule has 3 aromatic rings. The number of alkyl halides is 3. The molecule has 1 unspecified atom stereocenters. The summed E-state index contributed by atoms with van der Waals surface area (Å²) in [6.45, 7) is 1.61. The summed E-state index contributed by atoms with van der Waals surface area (Å²) < 4.78 is 39.0. The van der Waals surface area contributed by atoms with Crippen molar-refractivity contribution in [2.45, 2.75) is 23.6 Å². The summed E-state index contributed by atoms with van der Waals surface area (Å²) in [4.78, 5) is 3.81. The second-order valence-corrected chi connectivity index (χ2v) is 7.69. The number of thioether (sulfide) groups is 1. The van der Waals surface area contributed by atoms with E-state index in [1.54, 1.807) is 25.1 Å². The van der Waals surface area contributed by atoms with E-state index in [9.17, 15) is 18.3 Å². The minimum atomic E-state index is -4.54. The molecular formula is C18H16ClF3N2OS. The van der Waals surface area contributed by atoms with Crippen LogP contribution in [-0.2, 0) is 11.8 Å². The minimum Gasteiger partial charge on any atom is -0.399 e. The Hall–Kier alpha value is -1.83. The standard InChI is InChI=1S/C18H16ClF3N2OS/c1-17(25,9-26-12-4-2-11(23)3-5-12)16-7-10-6-14(19)13(18(20,21)22)8-15(10)24-16/h2-8,24-25H,9,23H2,1H3. The van der Waals surface area contributed by atoms with Gasteiger partial charge in [0.15, 0.2) is 0 Å². The number of aromatic nitrogens is 1. The Kier molecular flexibility index (Phi) is 4.90. The van der Waals surface area contributed by atoms with Gasteiger partial charge in [0.05, 0.1) is 10.6 Å². The van der Waals surface area contributed by atoms with Crippen molar-refractivity contribution in [1.29, 1.82) is 0 Å². The third kappa shape index (κ3) is 3.95. The molecule has 8 heteroatoms. The monoisotopic (exact) mass is 400 g/mol. The fraction of sp³-hybridized carbons (Fsp3) is 0.222. The molecule has 138 valence electrons. The van der Waals surface area contributed by atoms with Crippen LogP contribution in [0.1, 0.15) is 18.2 Å². The van der Waals surface area contributed by atoms with Gasteiger partial charge in [-0.15, -0.1) is 11.8 Å². The van der Waals surface area contributed by atoms with Gasteiger partial charge in [0.1, 0.15) is 5.60 Å². The highest BCUT2D eigenvalue weighted by Crippen LogP contribution is 2.38. The molecule has 0 radical (unpaired) electrons. The summed E-state index contributed by atoms with van der Waals surface area (Å²) in [6, 6.07) is 11.0. The molecule has 0 aliphatic carbocycles. The number of fused-ring (bicyclic) bond motifs is 1. The Morgan fingerprint density at radius 2 is 1.81 bits per heavy atom. The lowest BCUT2D eigenvalue weighted by molar-refractivity contribution is -0.137. The van der Waals surface area contributed by atoms with Gasteiger partial charge in [0.25, 0.3) is 0 Å². The summed E-state index contributed by atoms with van der Waals surface area (Å²) in [5.74, 6) is 0.309. The summed E-state index contributed by atoms with van der Waals surface area (Å²) in [6.07, 6.45) is -4.54. The van der Waals surface area contributed by atoms with Crippen LogP contribution in [0.3, 0.4) is 0 Å². The molecule has 0 saturated carbocycles. The average molecular weight is 401 g/mol. The molecule has 3 rings (SSSR count). The number of aromatic amines is 1. The number of rotatable bonds is 4. The van der Waals surface area contributed by atoms with E-state index in [0.717, 1.165) is 11.0 Å². The van der Waals surface area contributed by atoms with Crippen molar-refractivity contribution in [3.8, 4) is 0 Å². The predicted octanol–water partition coefficient (Wildman–Crippen LogP) is 5.42. The lowest BCUT2D eigenvalue weighted by Crippen LogP contribution is -2.24. The third-order valence-electron chi connectivity index (χ3n) is 3.99. The Morgan fingerprint density at radius 1 is 1.15 bits per heavy atom. The number of halogens is 4. The van der Waals surface area contributed by atoms with Gasteiger partial charge in [0.2, 0.25) is 0 Å². The van der Waals surface area contributed by atoms with Gasteiger partial charge in [-0.2, -0.15) is 13.2 Å². The molecule has 4 N–H and O–H groups in total. The molecule has 2 aromatic carbocycles. The lowest BCUT2D eigenvalue weighted by atomic mass is 10.1. The van der Waals surface area contributed by atoms with Gasteiger partial charge in [-0.05, 0) is 49.4 Å². The van der Waals surface area contributed by atoms with E-state index in [1.165, 1.54) is 17.8 Å². The number of anilines is 1. The maximum Gasteiger partial charge on any atom is 0.417 e. The topological polar surface area (TPSA) is 62.0 Å². The van der Waals surface area contributed by atoms with E-state index in [1.807, 2.05) is 12.1 Å². The summed E-state index contributed by atoms with van der Waals surface area (Å²) >= 11 is 7.17. The second kappa shape index (κ2) is 6.72. The fourth-order valence-electron chi connectivity index (χ4n) is 2.53. The number of nitrogens with one attached hydrogen (secondary N) is 1. The second-order valence-electron chi connectivity index (χ2n) is 6.23. The average Bonchev–Trinajstić information content (AvgIpc) is 2.96. The fourth-order valence-corrected chi connectivity index (χ4v) is 3.74. The quantitative estimate of drug-likeness (QED) is 0.404. The molecule has 0 amide bonds. The zero-order chi connectivity index (χ0) is 19.1. The van der Waals surface area contributed by atoms with Crippen LogP contribution in [0.2, 0.25) is 5.02 Å². The molecule has 1 heterocycles. The number of nitrogen functional groups attached to an aromatic ring is 1. The number of hydrogen-bond acceptors (Lipinski definition) is 3. The molecule has 0 spiro atoms. The Balaban J connectivity index is 1.87. The Labute approximate surface area is 157 Å². The SMILES string of the molecule is CC(O)(CSc1ccc(N)cc1)c1cc2cc(Cl)c(C(F)(F)F)cc2[nH]1. The number of H-pyrrole nitrogens is 1. The smallest absolute Gasteiger partial charge is 0.399 e. The third-order valence-corrected chi connectivity index (χ3v) is 5.62. The molecule has 1 atom stereocenters. The summed E-state index contributed by atoms with van der Waals surface area (Å²) in [5.41, 5.74) is 4.81. The van der Waals surface area contributed by atoms with Crippen LogP contribution < -0.4 is 5.73 Å². The Bertz CT molecular complexity index is 936. The zero-order valence-corrected chi connectivity index (χ0v) is 15.3. The van der Waals surface area contributed by atoms with E-state index in [4.69, 9.17) is 17.3 Å². The number of nitrogens with two attached hydrogens (primary N) is 1. The molecular weight excluding hydrogens is 385 g/mol. The molecule has 0 fully saturated rings. The van der Waals surface area contributed by atoms with Crippen molar-refractivity contribution < 1.29 is 18.3 Å². The maximum atomic E-state index is 13.0. The van der Waals surface area contributed by atoms with Gasteiger partial charge in [-0.25, -0.2) is 0 Å². The summed E-state index contributed by atoms with van der Waals surface area (Å²) in [7, 11) is 0. The highest BCUT2D eigenvalue weighted by molar-refractivity contribution is 7.99. The van der Waals surface area contributed by atoms with E-state index in [0.29, 0.717) is 22.5 Å². The van der Waals surface area contributed by atoms with Crippen LogP contribution in [0.15, 0.2) is 47.4 Å². The molecule has 26 heavy (non-hydrogen) atoms. The zero-order valence-electron chi connectivity index (χ0n) is 13.7. The van der Waals surface area contributed by atoms with Gasteiger partial charge in [-0.3, -0.25) is 0 Å². The van der Waals surface area contributed by atoms with Crippen molar-refractivity contribution in [1.82, 2.24) is 4.98 Å². The maximum absolute atomic E-state index is 13.0. The van der Waals surface area contributed by atoms with E-state index >= 15 is 0 Å². The van der Waals surface area contributed by atoms with Gasteiger partial charge < -0.3 is 15.8 Å². The van der Waals surface area contributed by atoms with Crippen molar-refractivity contribution in [2.75, 3.05) is 11.5 Å². The van der Waals surface area contributed by atoms with Crippen molar-refractivity contribution in [3.63, 3.8) is 0 Å². The van der Waals surface area contributed by atoms with Gasteiger partial charge in [0, 0.05) is 32.9 Å². The number of hydrogen-bond donors (Lipinski definition) is 3. The molecule has 0 bridgehead atoms. The van der Waals surface area contributed by atoms with E-state index in [2.05, 4.69) is 4.98 Å². The largest absolute Gasteiger partial charge is 0.417 e. The lowest BCUT2D eigenvalue weighted by Gasteiger charge is -2.21. The van der Waals surface area contributed by atoms with Crippen molar-refractivity contribution in [3.05, 3.63) is 58.7 Å². The Morgan fingerprint density at radius 3 is 2.42 bits per heavy atom. The molecule has 3 nitrogen and oxygen atoms in total. The molecule has 0 aliphatic heterocycles. The van der Waals surface area contributed by atoms with Crippen molar-refractivity contribution in [2.24, 2.45) is 0 Å². The minimum absolute atomic E-state index is 0.273.